The highest BCUT2D eigenvalue weighted by Gasteiger charge is 2.44. The first kappa shape index (κ1) is 19.1. The summed E-state index contributed by atoms with van der Waals surface area (Å²) in [7, 11) is 8.35. The number of nitrogens with zero attached hydrogens (tertiary/aromatic N) is 1. The predicted molar refractivity (Wildman–Crippen MR) is 95.8 cm³/mol. The van der Waals surface area contributed by atoms with E-state index in [1.807, 2.05) is 13.8 Å². The summed E-state index contributed by atoms with van der Waals surface area (Å²) in [6.07, 6.45) is 0. The molecule has 2 aromatic rings. The number of benzene rings is 2. The minimum Gasteiger partial charge on any atom is -0.508 e. The molecule has 0 aliphatic rings. The lowest BCUT2D eigenvalue weighted by Gasteiger charge is -2.47. The van der Waals surface area contributed by atoms with Gasteiger partial charge in [-0.3, -0.25) is 0 Å². The lowest BCUT2D eigenvalue weighted by molar-refractivity contribution is -0.929. The van der Waals surface area contributed by atoms with Crippen molar-refractivity contribution in [3.8, 4) is 17.2 Å². The maximum Gasteiger partial charge on any atom is 0.207 e. The Balaban J connectivity index is 2.36. The van der Waals surface area contributed by atoms with E-state index in [0.29, 0.717) is 5.56 Å². The van der Waals surface area contributed by atoms with Gasteiger partial charge in [-0.2, -0.15) is 0 Å². The Bertz CT molecular complexity index is 729. The summed E-state index contributed by atoms with van der Waals surface area (Å²) in [6.45, 7) is 5.63. The zero-order chi connectivity index (χ0) is 19.0. The molecule has 134 valence electrons. The van der Waals surface area contributed by atoms with E-state index in [9.17, 15) is 20.4 Å². The van der Waals surface area contributed by atoms with Gasteiger partial charge in [0, 0.05) is 11.6 Å². The second-order valence-corrected chi connectivity index (χ2v) is 7.54. The molecule has 25 heavy (non-hydrogen) atoms. The van der Waals surface area contributed by atoms with Crippen LogP contribution in [0.15, 0.2) is 42.5 Å². The number of phenolic OH excluding ortho intramolecular Hbond substituents is 3. The molecular formula is C20H26NO4+. The average Bonchev–Trinajstić information content (AvgIpc) is 2.45. The van der Waals surface area contributed by atoms with Crippen molar-refractivity contribution in [3.63, 3.8) is 0 Å². The number of aliphatic hydroxyl groups is 1. The van der Waals surface area contributed by atoms with Gasteiger partial charge >= 0.3 is 0 Å². The number of hydrogen-bond donors (Lipinski definition) is 4. The molecule has 2 unspecified atom stereocenters. The molecule has 5 nitrogen and oxygen atoms in total. The Morgan fingerprint density at radius 1 is 0.840 bits per heavy atom. The lowest BCUT2D eigenvalue weighted by Crippen LogP contribution is -2.57. The monoisotopic (exact) mass is 344 g/mol. The van der Waals surface area contributed by atoms with Crippen molar-refractivity contribution in [3.05, 3.63) is 60.6 Å². The maximum absolute atomic E-state index is 11.0. The van der Waals surface area contributed by atoms with Gasteiger partial charge in [0.1, 0.15) is 34.9 Å². The Kier molecular flexibility index (Phi) is 4.77. The maximum atomic E-state index is 11.0. The fourth-order valence-corrected chi connectivity index (χ4v) is 3.00. The van der Waals surface area contributed by atoms with Gasteiger partial charge in [-0.15, -0.1) is 0 Å². The van der Waals surface area contributed by atoms with Gasteiger partial charge in [0.25, 0.3) is 0 Å². The standard InChI is InChI=1S/C20H26NO4/c1-19(2,14-6-8-16(22)9-7-14)21(4,5)13-20(3,25)15-10-17(23)12-18(24)11-15/h4,6-12,22-25H,13H2,1-3,5H3/q+1. The third-order valence-corrected chi connectivity index (χ3v) is 5.01. The largest absolute Gasteiger partial charge is 0.508 e. The normalized spacial score (nSPS) is 15.0. The van der Waals surface area contributed by atoms with E-state index in [2.05, 4.69) is 0 Å². The minimum absolute atomic E-state index is 0.0544. The van der Waals surface area contributed by atoms with E-state index in [1.165, 1.54) is 18.2 Å². The van der Waals surface area contributed by atoms with Crippen molar-refractivity contribution in [2.45, 2.75) is 31.9 Å². The van der Waals surface area contributed by atoms with Crippen LogP contribution in [0.3, 0.4) is 0 Å². The molecule has 0 saturated heterocycles. The number of hydrogen-bond acceptors (Lipinski definition) is 4. The van der Waals surface area contributed by atoms with Crippen LogP contribution in [-0.4, -0.2) is 38.5 Å². The first-order valence-electron chi connectivity index (χ1n) is 8.05. The van der Waals surface area contributed by atoms with Gasteiger partial charge in [0.15, 0.2) is 0 Å². The summed E-state index contributed by atoms with van der Waals surface area (Å²) in [6, 6.07) is 10.8. The van der Waals surface area contributed by atoms with Crippen molar-refractivity contribution in [1.82, 2.24) is 0 Å². The Morgan fingerprint density at radius 3 is 1.80 bits per heavy atom. The molecule has 0 saturated carbocycles. The van der Waals surface area contributed by atoms with Crippen LogP contribution >= 0.6 is 0 Å². The van der Waals surface area contributed by atoms with Gasteiger partial charge in [-0.25, -0.2) is 0 Å². The average molecular weight is 344 g/mol. The zero-order valence-corrected chi connectivity index (χ0v) is 15.1. The van der Waals surface area contributed by atoms with Crippen molar-refractivity contribution >= 4 is 0 Å². The summed E-state index contributed by atoms with van der Waals surface area (Å²) < 4.78 is -0.0544. The molecule has 0 amide bonds. The highest BCUT2D eigenvalue weighted by Crippen LogP contribution is 2.38. The summed E-state index contributed by atoms with van der Waals surface area (Å²) >= 11 is 0. The smallest absolute Gasteiger partial charge is 0.207 e. The molecule has 0 heterocycles. The van der Waals surface area contributed by atoms with Crippen LogP contribution in [0.1, 0.15) is 31.9 Å². The molecule has 0 aliphatic carbocycles. The topological polar surface area (TPSA) is 80.9 Å². The van der Waals surface area contributed by atoms with E-state index in [1.54, 1.807) is 38.2 Å². The van der Waals surface area contributed by atoms with Crippen LogP contribution in [0.25, 0.3) is 0 Å². The Labute approximate surface area is 149 Å². The molecule has 0 bridgehead atoms. The summed E-state index contributed by atoms with van der Waals surface area (Å²) in [5.74, 6) is -0.0772. The quantitative estimate of drug-likeness (QED) is 0.629. The predicted octanol–water partition coefficient (Wildman–Crippen LogP) is 3.06. The van der Waals surface area contributed by atoms with Crippen molar-refractivity contribution in [2.24, 2.45) is 0 Å². The van der Waals surface area contributed by atoms with Crippen molar-refractivity contribution in [1.29, 1.82) is 0 Å². The molecule has 0 aliphatic heterocycles. The summed E-state index contributed by atoms with van der Waals surface area (Å²) in [5.41, 5.74) is -0.670. The van der Waals surface area contributed by atoms with Crippen LogP contribution in [0.4, 0.5) is 0 Å². The van der Waals surface area contributed by atoms with Crippen LogP contribution < -0.4 is 0 Å². The molecule has 2 atom stereocenters. The second kappa shape index (κ2) is 6.24. The van der Waals surface area contributed by atoms with E-state index in [4.69, 9.17) is 7.05 Å². The third kappa shape index (κ3) is 3.89. The SMILES string of the molecule is [CH][N+](C)(CC(C)(O)c1cc(O)cc(O)c1)C(C)(C)c1ccc(O)cc1. The van der Waals surface area contributed by atoms with Gasteiger partial charge in [0.2, 0.25) is 7.05 Å². The zero-order valence-electron chi connectivity index (χ0n) is 15.1. The minimum atomic E-state index is -1.38. The van der Waals surface area contributed by atoms with Crippen molar-refractivity contribution < 1.29 is 24.9 Å². The molecule has 2 rings (SSSR count). The van der Waals surface area contributed by atoms with Crippen LogP contribution in [-0.2, 0) is 11.1 Å². The number of quaternary nitrogens is 1. The summed E-state index contributed by atoms with van der Waals surface area (Å²) in [5, 5.41) is 39.8. The van der Waals surface area contributed by atoms with Gasteiger partial charge in [0.05, 0.1) is 7.05 Å². The molecular weight excluding hydrogens is 318 g/mol. The first-order chi connectivity index (χ1) is 11.3. The molecule has 0 spiro atoms. The number of rotatable bonds is 5. The second-order valence-electron chi connectivity index (χ2n) is 7.54. The van der Waals surface area contributed by atoms with E-state index >= 15 is 0 Å². The lowest BCUT2D eigenvalue weighted by atomic mass is 9.86. The highest BCUT2D eigenvalue weighted by molar-refractivity contribution is 5.39. The van der Waals surface area contributed by atoms with Crippen LogP contribution in [0.5, 0.6) is 17.2 Å². The third-order valence-electron chi connectivity index (χ3n) is 5.01. The van der Waals surface area contributed by atoms with Crippen LogP contribution in [0, 0.1) is 7.05 Å². The fraction of sp³-hybridized carbons (Fsp3) is 0.350. The van der Waals surface area contributed by atoms with E-state index in [-0.39, 0.29) is 28.3 Å². The number of aromatic hydroxyl groups is 3. The van der Waals surface area contributed by atoms with Gasteiger partial charge in [-0.1, -0.05) is 0 Å². The Morgan fingerprint density at radius 2 is 1.32 bits per heavy atom. The molecule has 2 radical (unpaired) electrons. The number of phenols is 3. The van der Waals surface area contributed by atoms with Gasteiger partial charge < -0.3 is 24.9 Å². The fourth-order valence-electron chi connectivity index (χ4n) is 3.00. The van der Waals surface area contributed by atoms with E-state index < -0.39 is 11.1 Å². The van der Waals surface area contributed by atoms with Gasteiger partial charge in [-0.05, 0) is 62.7 Å². The molecule has 0 aromatic heterocycles. The molecule has 4 N–H and O–H groups in total. The summed E-state index contributed by atoms with van der Waals surface area (Å²) in [4.78, 5) is 0. The number of likely N-dealkylation sites (N-methyl/N-ethyl adjacent to an activating group) is 1. The highest BCUT2D eigenvalue weighted by atomic mass is 16.3. The first-order valence-corrected chi connectivity index (χ1v) is 8.05. The van der Waals surface area contributed by atoms with E-state index in [0.717, 1.165) is 5.56 Å². The Hall–Kier alpha value is -2.24. The molecule has 5 heteroatoms. The molecule has 0 fully saturated rings. The van der Waals surface area contributed by atoms with Crippen LogP contribution in [0.2, 0.25) is 0 Å². The van der Waals surface area contributed by atoms with Crippen molar-refractivity contribution in [2.75, 3.05) is 13.6 Å². The molecule has 2 aromatic carbocycles.